The van der Waals surface area contributed by atoms with Crippen molar-refractivity contribution < 1.29 is 5.11 Å². The van der Waals surface area contributed by atoms with Crippen LogP contribution in [0.3, 0.4) is 0 Å². The van der Waals surface area contributed by atoms with E-state index in [9.17, 15) is 0 Å². The number of aromatic nitrogens is 3. The molecule has 0 atom stereocenters. The summed E-state index contributed by atoms with van der Waals surface area (Å²) in [7, 11) is 2.01. The van der Waals surface area contributed by atoms with Gasteiger partial charge < -0.3 is 9.67 Å². The Morgan fingerprint density at radius 2 is 2.18 bits per heavy atom. The highest BCUT2D eigenvalue weighted by atomic mass is 16.3. The average Bonchev–Trinajstić information content (AvgIpc) is 2.55. The van der Waals surface area contributed by atoms with Crippen molar-refractivity contribution >= 4 is 0 Å². The standard InChI is InChI=1S/C12H22N4O/c1-10-13-14-12(15(10)2)9-16(7-4-8-17)11-5-3-6-11/h11,17H,3-9H2,1-2H3. The molecular formula is C12H22N4O. The average molecular weight is 238 g/mol. The van der Waals surface area contributed by atoms with Gasteiger partial charge in [0.25, 0.3) is 0 Å². The number of aliphatic hydroxyl groups excluding tert-OH is 1. The smallest absolute Gasteiger partial charge is 0.146 e. The van der Waals surface area contributed by atoms with Gasteiger partial charge in [0.2, 0.25) is 0 Å². The second-order valence-electron chi connectivity index (χ2n) is 4.85. The van der Waals surface area contributed by atoms with E-state index in [0.717, 1.165) is 31.2 Å². The largest absolute Gasteiger partial charge is 0.396 e. The first-order valence-electron chi connectivity index (χ1n) is 6.42. The van der Waals surface area contributed by atoms with Gasteiger partial charge in [0.1, 0.15) is 11.6 Å². The summed E-state index contributed by atoms with van der Waals surface area (Å²) in [6.45, 7) is 4.04. The second-order valence-corrected chi connectivity index (χ2v) is 4.85. The van der Waals surface area contributed by atoms with Crippen LogP contribution in [0.15, 0.2) is 0 Å². The minimum absolute atomic E-state index is 0.265. The first-order chi connectivity index (χ1) is 8.22. The highest BCUT2D eigenvalue weighted by molar-refractivity contribution is 4.94. The summed E-state index contributed by atoms with van der Waals surface area (Å²) in [4.78, 5) is 2.43. The predicted molar refractivity (Wildman–Crippen MR) is 65.5 cm³/mol. The topological polar surface area (TPSA) is 54.2 Å². The summed E-state index contributed by atoms with van der Waals surface area (Å²) in [5.41, 5.74) is 0. The van der Waals surface area contributed by atoms with Gasteiger partial charge in [-0.05, 0) is 26.2 Å². The van der Waals surface area contributed by atoms with Crippen LogP contribution in [0.25, 0.3) is 0 Å². The van der Waals surface area contributed by atoms with Crippen molar-refractivity contribution in [3.05, 3.63) is 11.6 Å². The molecule has 1 aromatic rings. The molecule has 0 aromatic carbocycles. The van der Waals surface area contributed by atoms with E-state index < -0.39 is 0 Å². The van der Waals surface area contributed by atoms with Gasteiger partial charge in [0.05, 0.1) is 6.54 Å². The minimum Gasteiger partial charge on any atom is -0.396 e. The Morgan fingerprint density at radius 3 is 2.65 bits per heavy atom. The summed E-state index contributed by atoms with van der Waals surface area (Å²) in [5, 5.41) is 17.3. The van der Waals surface area contributed by atoms with Gasteiger partial charge >= 0.3 is 0 Å². The van der Waals surface area contributed by atoms with Gasteiger partial charge in [0, 0.05) is 26.2 Å². The summed E-state index contributed by atoms with van der Waals surface area (Å²) < 4.78 is 2.05. The lowest BCUT2D eigenvalue weighted by molar-refractivity contribution is 0.105. The van der Waals surface area contributed by atoms with Crippen molar-refractivity contribution in [3.63, 3.8) is 0 Å². The SMILES string of the molecule is Cc1nnc(CN(CCCO)C2CCC2)n1C. The van der Waals surface area contributed by atoms with Gasteiger partial charge in [0.15, 0.2) is 0 Å². The van der Waals surface area contributed by atoms with Gasteiger partial charge in [-0.3, -0.25) is 4.90 Å². The van der Waals surface area contributed by atoms with Gasteiger partial charge in [-0.2, -0.15) is 0 Å². The predicted octanol–water partition coefficient (Wildman–Crippen LogP) is 0.860. The Hall–Kier alpha value is -0.940. The molecule has 5 heteroatoms. The third-order valence-corrected chi connectivity index (χ3v) is 3.72. The fourth-order valence-electron chi connectivity index (χ4n) is 2.19. The van der Waals surface area contributed by atoms with Crippen molar-refractivity contribution in [2.45, 2.75) is 45.2 Å². The van der Waals surface area contributed by atoms with E-state index >= 15 is 0 Å². The molecule has 1 aromatic heterocycles. The highest BCUT2D eigenvalue weighted by Gasteiger charge is 2.25. The van der Waals surface area contributed by atoms with E-state index in [0.29, 0.717) is 6.04 Å². The minimum atomic E-state index is 0.265. The van der Waals surface area contributed by atoms with Crippen molar-refractivity contribution in [1.82, 2.24) is 19.7 Å². The first-order valence-corrected chi connectivity index (χ1v) is 6.42. The summed E-state index contributed by atoms with van der Waals surface area (Å²) in [6.07, 6.45) is 4.73. The number of rotatable bonds is 6. The Morgan fingerprint density at radius 1 is 1.41 bits per heavy atom. The number of aliphatic hydroxyl groups is 1. The molecule has 1 N–H and O–H groups in total. The van der Waals surface area contributed by atoms with E-state index in [1.807, 2.05) is 18.5 Å². The zero-order chi connectivity index (χ0) is 12.3. The molecule has 0 amide bonds. The van der Waals surface area contributed by atoms with Crippen molar-refractivity contribution in [3.8, 4) is 0 Å². The molecule has 0 aliphatic heterocycles. The maximum absolute atomic E-state index is 8.95. The maximum Gasteiger partial charge on any atom is 0.146 e. The van der Waals surface area contributed by atoms with Crippen LogP contribution in [0.1, 0.15) is 37.3 Å². The Kier molecular flexibility index (Phi) is 4.12. The highest BCUT2D eigenvalue weighted by Crippen LogP contribution is 2.26. The third-order valence-electron chi connectivity index (χ3n) is 3.72. The number of hydrogen-bond donors (Lipinski definition) is 1. The third kappa shape index (κ3) is 2.84. The monoisotopic (exact) mass is 238 g/mol. The van der Waals surface area contributed by atoms with E-state index in [4.69, 9.17) is 5.11 Å². The molecule has 0 radical (unpaired) electrons. The molecule has 1 aliphatic rings. The molecule has 1 fully saturated rings. The Balaban J connectivity index is 1.98. The summed E-state index contributed by atoms with van der Waals surface area (Å²) in [6, 6.07) is 0.679. The van der Waals surface area contributed by atoms with Crippen LogP contribution < -0.4 is 0 Å². The Bertz CT molecular complexity index is 359. The molecule has 0 unspecified atom stereocenters. The lowest BCUT2D eigenvalue weighted by atomic mass is 9.91. The fourth-order valence-corrected chi connectivity index (χ4v) is 2.19. The summed E-state index contributed by atoms with van der Waals surface area (Å²) >= 11 is 0. The molecule has 2 rings (SSSR count). The number of nitrogens with zero attached hydrogens (tertiary/aromatic N) is 4. The van der Waals surface area contributed by atoms with Crippen LogP contribution in [-0.4, -0.2) is 44.0 Å². The van der Waals surface area contributed by atoms with E-state index in [1.165, 1.54) is 19.3 Å². The quantitative estimate of drug-likeness (QED) is 0.798. The van der Waals surface area contributed by atoms with Crippen LogP contribution in [0.5, 0.6) is 0 Å². The van der Waals surface area contributed by atoms with Crippen LogP contribution in [0, 0.1) is 6.92 Å². The van der Waals surface area contributed by atoms with Crippen LogP contribution in [0.2, 0.25) is 0 Å². The molecular weight excluding hydrogens is 216 g/mol. The van der Waals surface area contributed by atoms with Crippen molar-refractivity contribution in [2.75, 3.05) is 13.2 Å². The molecule has 1 aliphatic carbocycles. The molecule has 96 valence electrons. The van der Waals surface area contributed by atoms with E-state index in [2.05, 4.69) is 15.1 Å². The van der Waals surface area contributed by atoms with Crippen LogP contribution >= 0.6 is 0 Å². The van der Waals surface area contributed by atoms with Gasteiger partial charge in [-0.15, -0.1) is 10.2 Å². The molecule has 1 heterocycles. The molecule has 0 bridgehead atoms. The van der Waals surface area contributed by atoms with E-state index in [1.54, 1.807) is 0 Å². The second kappa shape index (κ2) is 5.60. The number of aryl methyl sites for hydroxylation is 1. The summed E-state index contributed by atoms with van der Waals surface area (Å²) in [5.74, 6) is 1.98. The Labute approximate surface area is 102 Å². The van der Waals surface area contributed by atoms with Crippen LogP contribution in [0.4, 0.5) is 0 Å². The first kappa shape index (κ1) is 12.5. The normalized spacial score (nSPS) is 16.5. The lowest BCUT2D eigenvalue weighted by Crippen LogP contribution is -2.41. The maximum atomic E-state index is 8.95. The molecule has 5 nitrogen and oxygen atoms in total. The van der Waals surface area contributed by atoms with Crippen molar-refractivity contribution in [1.29, 1.82) is 0 Å². The van der Waals surface area contributed by atoms with Crippen molar-refractivity contribution in [2.24, 2.45) is 7.05 Å². The number of hydrogen-bond acceptors (Lipinski definition) is 4. The lowest BCUT2D eigenvalue weighted by Gasteiger charge is -2.37. The van der Waals surface area contributed by atoms with Crippen LogP contribution in [-0.2, 0) is 13.6 Å². The molecule has 1 saturated carbocycles. The molecule has 0 spiro atoms. The molecule has 0 saturated heterocycles. The fraction of sp³-hybridized carbons (Fsp3) is 0.833. The van der Waals surface area contributed by atoms with E-state index in [-0.39, 0.29) is 6.61 Å². The van der Waals surface area contributed by atoms with Gasteiger partial charge in [-0.1, -0.05) is 6.42 Å². The molecule has 17 heavy (non-hydrogen) atoms. The van der Waals surface area contributed by atoms with Gasteiger partial charge in [-0.25, -0.2) is 0 Å². The zero-order valence-corrected chi connectivity index (χ0v) is 10.8. The zero-order valence-electron chi connectivity index (χ0n) is 10.8.